The van der Waals surface area contributed by atoms with Crippen molar-refractivity contribution in [2.75, 3.05) is 18.5 Å². The minimum Gasteiger partial charge on any atom is -0.341 e. The average Bonchev–Trinajstić information content (AvgIpc) is 2.99. The normalized spacial score (nSPS) is 17.0. The van der Waals surface area contributed by atoms with Crippen LogP contribution in [0.15, 0.2) is 48.5 Å². The van der Waals surface area contributed by atoms with Crippen molar-refractivity contribution in [2.24, 2.45) is 5.92 Å². The number of carbonyl (C=O) groups excluding carboxylic acids is 2. The molecule has 0 saturated carbocycles. The molecule has 2 aromatic rings. The van der Waals surface area contributed by atoms with Gasteiger partial charge in [-0.05, 0) is 23.8 Å². The largest absolute Gasteiger partial charge is 0.341 e. The van der Waals surface area contributed by atoms with Gasteiger partial charge in [0.1, 0.15) is 5.82 Å². The van der Waals surface area contributed by atoms with Gasteiger partial charge in [-0.25, -0.2) is 4.39 Å². The number of anilines is 1. The zero-order valence-electron chi connectivity index (χ0n) is 13.8. The molecule has 6 heteroatoms. The third kappa shape index (κ3) is 3.82. The molecule has 1 saturated heterocycles. The number of benzene rings is 2. The zero-order chi connectivity index (χ0) is 18.0. The van der Waals surface area contributed by atoms with Crippen LogP contribution in [0.1, 0.15) is 12.0 Å². The molecule has 0 N–H and O–H groups in total. The Balaban J connectivity index is 1.69. The van der Waals surface area contributed by atoms with Gasteiger partial charge in [-0.3, -0.25) is 9.59 Å². The number of nitrogens with zero attached hydrogens (tertiary/aromatic N) is 2. The Morgan fingerprint density at radius 2 is 2.00 bits per heavy atom. The van der Waals surface area contributed by atoms with E-state index in [-0.39, 0.29) is 29.8 Å². The number of rotatable bonds is 4. The Kier molecular flexibility index (Phi) is 5.04. The molecule has 1 fully saturated rings. The molecule has 1 atom stereocenters. The van der Waals surface area contributed by atoms with E-state index in [0.717, 1.165) is 5.56 Å². The smallest absolute Gasteiger partial charge is 0.228 e. The molecule has 1 unspecified atom stereocenters. The molecule has 1 heterocycles. The van der Waals surface area contributed by atoms with E-state index in [1.54, 1.807) is 11.9 Å². The van der Waals surface area contributed by atoms with E-state index >= 15 is 0 Å². The zero-order valence-corrected chi connectivity index (χ0v) is 14.5. The summed E-state index contributed by atoms with van der Waals surface area (Å²) in [5, 5.41) is -0.0405. The van der Waals surface area contributed by atoms with Crippen molar-refractivity contribution in [1.29, 1.82) is 0 Å². The number of hydrogen-bond donors (Lipinski definition) is 0. The lowest BCUT2D eigenvalue weighted by atomic mass is 10.1. The van der Waals surface area contributed by atoms with Crippen molar-refractivity contribution in [1.82, 2.24) is 4.90 Å². The topological polar surface area (TPSA) is 40.6 Å². The Morgan fingerprint density at radius 1 is 1.28 bits per heavy atom. The lowest BCUT2D eigenvalue weighted by Crippen LogP contribution is -2.34. The number of carbonyl (C=O) groups is 2. The Hall–Kier alpha value is -2.40. The monoisotopic (exact) mass is 360 g/mol. The van der Waals surface area contributed by atoms with Crippen LogP contribution in [0, 0.1) is 11.7 Å². The predicted molar refractivity (Wildman–Crippen MR) is 94.8 cm³/mol. The van der Waals surface area contributed by atoms with Gasteiger partial charge in [-0.2, -0.15) is 0 Å². The molecule has 0 bridgehead atoms. The second-order valence-corrected chi connectivity index (χ2v) is 6.59. The molecule has 130 valence electrons. The van der Waals surface area contributed by atoms with Crippen LogP contribution >= 0.6 is 11.6 Å². The van der Waals surface area contributed by atoms with Crippen LogP contribution in [0.4, 0.5) is 10.1 Å². The summed E-state index contributed by atoms with van der Waals surface area (Å²) in [5.41, 5.74) is 1.54. The number of halogens is 2. The second kappa shape index (κ2) is 7.23. The maximum Gasteiger partial charge on any atom is 0.228 e. The summed E-state index contributed by atoms with van der Waals surface area (Å²) in [4.78, 5) is 28.1. The molecule has 0 radical (unpaired) electrons. The summed E-state index contributed by atoms with van der Waals surface area (Å²) in [6, 6.07) is 13.8. The summed E-state index contributed by atoms with van der Waals surface area (Å²) < 4.78 is 13.3. The van der Waals surface area contributed by atoms with Gasteiger partial charge >= 0.3 is 0 Å². The highest BCUT2D eigenvalue weighted by molar-refractivity contribution is 6.31. The van der Waals surface area contributed by atoms with E-state index in [2.05, 4.69) is 0 Å². The fraction of sp³-hybridized carbons (Fsp3) is 0.263. The molecular weight excluding hydrogens is 343 g/mol. The van der Waals surface area contributed by atoms with Crippen LogP contribution in [0.25, 0.3) is 0 Å². The van der Waals surface area contributed by atoms with Crippen molar-refractivity contribution in [3.05, 3.63) is 64.9 Å². The fourth-order valence-electron chi connectivity index (χ4n) is 3.02. The minimum atomic E-state index is -0.535. The summed E-state index contributed by atoms with van der Waals surface area (Å²) in [5.74, 6) is -1.18. The SMILES string of the molecule is CN(Cc1ccccc1)C(=O)C1CC(=O)N(c2ccc(F)c(Cl)c2)C1. The third-order valence-corrected chi connectivity index (χ3v) is 4.62. The first kappa shape index (κ1) is 17.4. The lowest BCUT2D eigenvalue weighted by molar-refractivity contribution is -0.135. The van der Waals surface area contributed by atoms with E-state index in [1.165, 1.54) is 23.1 Å². The van der Waals surface area contributed by atoms with Gasteiger partial charge in [-0.15, -0.1) is 0 Å². The van der Waals surface area contributed by atoms with Gasteiger partial charge in [0.15, 0.2) is 0 Å². The van der Waals surface area contributed by atoms with Crippen LogP contribution in [-0.4, -0.2) is 30.3 Å². The highest BCUT2D eigenvalue weighted by Crippen LogP contribution is 2.29. The van der Waals surface area contributed by atoms with E-state index in [4.69, 9.17) is 11.6 Å². The molecular formula is C19H18ClFN2O2. The van der Waals surface area contributed by atoms with Crippen molar-refractivity contribution in [3.63, 3.8) is 0 Å². The van der Waals surface area contributed by atoms with Crippen LogP contribution < -0.4 is 4.90 Å². The number of amides is 2. The van der Waals surface area contributed by atoms with Crippen molar-refractivity contribution in [3.8, 4) is 0 Å². The van der Waals surface area contributed by atoms with E-state index < -0.39 is 11.7 Å². The standard InChI is InChI=1S/C19H18ClFN2O2/c1-22(11-13-5-3-2-4-6-13)19(25)14-9-18(24)23(12-14)15-7-8-17(21)16(20)10-15/h2-8,10,14H,9,11-12H2,1H3. The van der Waals surface area contributed by atoms with E-state index in [0.29, 0.717) is 12.2 Å². The van der Waals surface area contributed by atoms with Gasteiger partial charge in [-0.1, -0.05) is 41.9 Å². The van der Waals surface area contributed by atoms with Crippen LogP contribution in [0.3, 0.4) is 0 Å². The Labute approximate surface area is 150 Å². The molecule has 1 aliphatic rings. The summed E-state index contributed by atoms with van der Waals surface area (Å²) in [7, 11) is 1.73. The van der Waals surface area contributed by atoms with Gasteiger partial charge < -0.3 is 9.80 Å². The maximum atomic E-state index is 13.3. The first-order valence-electron chi connectivity index (χ1n) is 8.00. The fourth-order valence-corrected chi connectivity index (χ4v) is 3.20. The Bertz CT molecular complexity index is 797. The van der Waals surface area contributed by atoms with Crippen LogP contribution in [-0.2, 0) is 16.1 Å². The first-order chi connectivity index (χ1) is 12.0. The predicted octanol–water partition coefficient (Wildman–Crippen LogP) is 3.49. The quantitative estimate of drug-likeness (QED) is 0.837. The summed E-state index contributed by atoms with van der Waals surface area (Å²) in [6.07, 6.45) is 0.146. The lowest BCUT2D eigenvalue weighted by Gasteiger charge is -2.21. The van der Waals surface area contributed by atoms with Gasteiger partial charge in [0, 0.05) is 32.2 Å². The Morgan fingerprint density at radius 3 is 2.68 bits per heavy atom. The van der Waals surface area contributed by atoms with Crippen molar-refractivity contribution < 1.29 is 14.0 Å². The molecule has 0 aromatic heterocycles. The third-order valence-electron chi connectivity index (χ3n) is 4.33. The van der Waals surface area contributed by atoms with Crippen molar-refractivity contribution in [2.45, 2.75) is 13.0 Å². The van der Waals surface area contributed by atoms with Gasteiger partial charge in [0.05, 0.1) is 10.9 Å². The molecule has 25 heavy (non-hydrogen) atoms. The molecule has 1 aliphatic heterocycles. The highest BCUT2D eigenvalue weighted by atomic mass is 35.5. The molecule has 0 spiro atoms. The molecule has 2 amide bonds. The minimum absolute atomic E-state index is 0.0405. The molecule has 4 nitrogen and oxygen atoms in total. The average molecular weight is 361 g/mol. The van der Waals surface area contributed by atoms with Gasteiger partial charge in [0.25, 0.3) is 0 Å². The summed E-state index contributed by atoms with van der Waals surface area (Å²) >= 11 is 5.79. The van der Waals surface area contributed by atoms with Crippen molar-refractivity contribution >= 4 is 29.1 Å². The van der Waals surface area contributed by atoms with Crippen LogP contribution in [0.2, 0.25) is 5.02 Å². The van der Waals surface area contributed by atoms with E-state index in [9.17, 15) is 14.0 Å². The van der Waals surface area contributed by atoms with Crippen LogP contribution in [0.5, 0.6) is 0 Å². The first-order valence-corrected chi connectivity index (χ1v) is 8.38. The number of hydrogen-bond acceptors (Lipinski definition) is 2. The molecule has 0 aliphatic carbocycles. The molecule has 2 aromatic carbocycles. The second-order valence-electron chi connectivity index (χ2n) is 6.18. The van der Waals surface area contributed by atoms with E-state index in [1.807, 2.05) is 30.3 Å². The summed E-state index contributed by atoms with van der Waals surface area (Å²) in [6.45, 7) is 0.769. The highest BCUT2D eigenvalue weighted by Gasteiger charge is 2.36. The van der Waals surface area contributed by atoms with Gasteiger partial charge in [0.2, 0.25) is 11.8 Å². The maximum absolute atomic E-state index is 13.3. The molecule has 3 rings (SSSR count).